The summed E-state index contributed by atoms with van der Waals surface area (Å²) in [5, 5.41) is 12.6. The maximum atomic E-state index is 10.6. The fourth-order valence-corrected chi connectivity index (χ4v) is 1.93. The minimum absolute atomic E-state index is 0.280. The Kier molecular flexibility index (Phi) is 4.55. The molecular formula is C10H16N2O2S. The number of anilines is 1. The molecule has 0 radical (unpaired) electrons. The highest BCUT2D eigenvalue weighted by molar-refractivity contribution is 7.17. The number of carboxylic acids is 1. The van der Waals surface area contributed by atoms with Crippen molar-refractivity contribution in [3.05, 3.63) is 11.1 Å². The predicted molar refractivity (Wildman–Crippen MR) is 61.6 cm³/mol. The summed E-state index contributed by atoms with van der Waals surface area (Å²) < 4.78 is 0. The molecule has 0 amide bonds. The van der Waals surface area contributed by atoms with Crippen molar-refractivity contribution in [3.8, 4) is 0 Å². The highest BCUT2D eigenvalue weighted by atomic mass is 32.1. The molecule has 1 rings (SSSR count). The summed E-state index contributed by atoms with van der Waals surface area (Å²) >= 11 is 1.18. The van der Waals surface area contributed by atoms with E-state index in [-0.39, 0.29) is 4.88 Å². The lowest BCUT2D eigenvalue weighted by Gasteiger charge is -2.11. The molecule has 0 atom stereocenters. The summed E-state index contributed by atoms with van der Waals surface area (Å²) in [6.07, 6.45) is 3.64. The minimum atomic E-state index is -0.914. The Balaban J connectivity index is 2.47. The number of aromatic carboxylic acids is 1. The molecule has 0 aliphatic heterocycles. The van der Waals surface area contributed by atoms with E-state index in [0.717, 1.165) is 19.4 Å². The molecule has 0 aliphatic rings. The van der Waals surface area contributed by atoms with Crippen LogP contribution in [0.4, 0.5) is 5.13 Å². The zero-order valence-corrected chi connectivity index (χ0v) is 9.80. The van der Waals surface area contributed by atoms with Crippen LogP contribution >= 0.6 is 11.3 Å². The maximum absolute atomic E-state index is 10.6. The van der Waals surface area contributed by atoms with Gasteiger partial charge < -0.3 is 10.4 Å². The average Bonchev–Trinajstić information content (AvgIpc) is 2.68. The molecular weight excluding hydrogens is 212 g/mol. The van der Waals surface area contributed by atoms with Crippen LogP contribution in [0.15, 0.2) is 6.20 Å². The van der Waals surface area contributed by atoms with Crippen molar-refractivity contribution in [1.29, 1.82) is 0 Å². The Morgan fingerprint density at radius 3 is 2.73 bits per heavy atom. The van der Waals surface area contributed by atoms with Crippen LogP contribution < -0.4 is 5.32 Å². The molecule has 0 unspecified atom stereocenters. The normalized spacial score (nSPS) is 10.6. The van der Waals surface area contributed by atoms with Crippen LogP contribution in [0, 0.1) is 5.92 Å². The van der Waals surface area contributed by atoms with Crippen molar-refractivity contribution in [2.75, 3.05) is 11.9 Å². The second kappa shape index (κ2) is 5.70. The van der Waals surface area contributed by atoms with Crippen LogP contribution in [0.3, 0.4) is 0 Å². The van der Waals surface area contributed by atoms with Crippen LogP contribution in [-0.4, -0.2) is 22.6 Å². The van der Waals surface area contributed by atoms with Gasteiger partial charge in [-0.3, -0.25) is 0 Å². The molecule has 0 spiro atoms. The van der Waals surface area contributed by atoms with Crippen molar-refractivity contribution in [2.45, 2.75) is 26.7 Å². The Morgan fingerprint density at radius 2 is 2.27 bits per heavy atom. The fraction of sp³-hybridized carbons (Fsp3) is 0.600. The van der Waals surface area contributed by atoms with Gasteiger partial charge in [-0.1, -0.05) is 38.0 Å². The molecule has 0 bridgehead atoms. The van der Waals surface area contributed by atoms with E-state index < -0.39 is 5.97 Å². The SMILES string of the molecule is CCC(CC)CNc1ncc(C(=O)O)s1. The standard InChI is InChI=1S/C10H16N2O2S/c1-3-7(4-2)5-11-10-12-6-8(15-10)9(13)14/h6-7H,3-5H2,1-2H3,(H,11,12)(H,13,14). The zero-order valence-electron chi connectivity index (χ0n) is 8.99. The van der Waals surface area contributed by atoms with Gasteiger partial charge in [0.15, 0.2) is 5.13 Å². The summed E-state index contributed by atoms with van der Waals surface area (Å²) in [6.45, 7) is 5.17. The smallest absolute Gasteiger partial charge is 0.347 e. The lowest BCUT2D eigenvalue weighted by molar-refractivity contribution is 0.0702. The maximum Gasteiger partial charge on any atom is 0.347 e. The van der Waals surface area contributed by atoms with Crippen molar-refractivity contribution < 1.29 is 9.90 Å². The molecule has 1 aromatic heterocycles. The van der Waals surface area contributed by atoms with E-state index in [9.17, 15) is 4.79 Å². The lowest BCUT2D eigenvalue weighted by atomic mass is 10.0. The summed E-state index contributed by atoms with van der Waals surface area (Å²) in [5.74, 6) is -0.287. The summed E-state index contributed by atoms with van der Waals surface area (Å²) in [4.78, 5) is 14.9. The van der Waals surface area contributed by atoms with Gasteiger partial charge in [0.1, 0.15) is 4.88 Å². The summed E-state index contributed by atoms with van der Waals surface area (Å²) in [7, 11) is 0. The number of hydrogen-bond donors (Lipinski definition) is 2. The Labute approximate surface area is 93.4 Å². The van der Waals surface area contributed by atoms with Gasteiger partial charge in [-0.15, -0.1) is 0 Å². The molecule has 84 valence electrons. The van der Waals surface area contributed by atoms with Gasteiger partial charge in [0, 0.05) is 6.54 Å². The Bertz CT molecular complexity index is 321. The number of rotatable bonds is 6. The van der Waals surface area contributed by atoms with Crippen molar-refractivity contribution in [3.63, 3.8) is 0 Å². The summed E-state index contributed by atoms with van der Waals surface area (Å²) in [6, 6.07) is 0. The number of thiazole rings is 1. The van der Waals surface area contributed by atoms with Crippen molar-refractivity contribution >= 4 is 22.4 Å². The second-order valence-electron chi connectivity index (χ2n) is 3.40. The quantitative estimate of drug-likeness (QED) is 0.785. The number of carboxylic acid groups (broad SMARTS) is 1. The first kappa shape index (κ1) is 12.0. The van der Waals surface area contributed by atoms with E-state index >= 15 is 0 Å². The molecule has 0 fully saturated rings. The Morgan fingerprint density at radius 1 is 1.60 bits per heavy atom. The molecule has 0 saturated carbocycles. The summed E-state index contributed by atoms with van der Waals surface area (Å²) in [5.41, 5.74) is 0. The molecule has 1 aromatic rings. The van der Waals surface area contributed by atoms with Gasteiger partial charge in [-0.25, -0.2) is 9.78 Å². The molecule has 4 nitrogen and oxygen atoms in total. The second-order valence-corrected chi connectivity index (χ2v) is 4.43. The lowest BCUT2D eigenvalue weighted by Crippen LogP contribution is -2.12. The number of carbonyl (C=O) groups is 1. The first-order valence-corrected chi connectivity index (χ1v) is 5.92. The van der Waals surface area contributed by atoms with Crippen molar-refractivity contribution in [1.82, 2.24) is 4.98 Å². The Hall–Kier alpha value is -1.10. The van der Waals surface area contributed by atoms with Gasteiger partial charge in [-0.2, -0.15) is 0 Å². The van der Waals surface area contributed by atoms with E-state index in [1.165, 1.54) is 17.5 Å². The minimum Gasteiger partial charge on any atom is -0.477 e. The van der Waals surface area contributed by atoms with Crippen molar-refractivity contribution in [2.24, 2.45) is 5.92 Å². The van der Waals surface area contributed by atoms with E-state index in [1.807, 2.05) is 0 Å². The average molecular weight is 228 g/mol. The number of aromatic nitrogens is 1. The van der Waals surface area contributed by atoms with E-state index in [2.05, 4.69) is 24.1 Å². The third-order valence-electron chi connectivity index (χ3n) is 2.41. The molecule has 2 N–H and O–H groups in total. The number of nitrogens with zero attached hydrogens (tertiary/aromatic N) is 1. The topological polar surface area (TPSA) is 62.2 Å². The van der Waals surface area contributed by atoms with Crippen LogP contribution in [0.2, 0.25) is 0 Å². The number of nitrogens with one attached hydrogen (secondary N) is 1. The molecule has 1 heterocycles. The zero-order chi connectivity index (χ0) is 11.3. The van der Waals surface area contributed by atoms with Crippen LogP contribution in [0.25, 0.3) is 0 Å². The molecule has 0 aromatic carbocycles. The predicted octanol–water partition coefficient (Wildman–Crippen LogP) is 2.69. The van der Waals surface area contributed by atoms with Gasteiger partial charge in [0.25, 0.3) is 0 Å². The third kappa shape index (κ3) is 3.51. The first-order valence-electron chi connectivity index (χ1n) is 5.10. The van der Waals surface area contributed by atoms with Gasteiger partial charge in [0.05, 0.1) is 6.20 Å². The first-order chi connectivity index (χ1) is 7.17. The highest BCUT2D eigenvalue weighted by Crippen LogP contribution is 2.19. The third-order valence-corrected chi connectivity index (χ3v) is 3.36. The molecule has 0 saturated heterocycles. The van der Waals surface area contributed by atoms with E-state index in [4.69, 9.17) is 5.11 Å². The van der Waals surface area contributed by atoms with Crippen LogP contribution in [-0.2, 0) is 0 Å². The molecule has 0 aliphatic carbocycles. The molecule has 5 heteroatoms. The van der Waals surface area contributed by atoms with Gasteiger partial charge in [0.2, 0.25) is 0 Å². The van der Waals surface area contributed by atoms with Crippen LogP contribution in [0.5, 0.6) is 0 Å². The fourth-order valence-electron chi connectivity index (χ4n) is 1.26. The van der Waals surface area contributed by atoms with E-state index in [0.29, 0.717) is 11.0 Å². The number of hydrogen-bond acceptors (Lipinski definition) is 4. The monoisotopic (exact) mass is 228 g/mol. The van der Waals surface area contributed by atoms with Crippen LogP contribution in [0.1, 0.15) is 36.4 Å². The highest BCUT2D eigenvalue weighted by Gasteiger charge is 2.09. The van der Waals surface area contributed by atoms with Gasteiger partial charge >= 0.3 is 5.97 Å². The van der Waals surface area contributed by atoms with Gasteiger partial charge in [-0.05, 0) is 5.92 Å². The molecule has 15 heavy (non-hydrogen) atoms. The largest absolute Gasteiger partial charge is 0.477 e. The van der Waals surface area contributed by atoms with E-state index in [1.54, 1.807) is 0 Å².